The minimum atomic E-state index is -0.469. The summed E-state index contributed by atoms with van der Waals surface area (Å²) in [4.78, 5) is 24.8. The van der Waals surface area contributed by atoms with Crippen LogP contribution in [0.2, 0.25) is 0 Å². The number of anilines is 1. The Morgan fingerprint density at radius 3 is 2.00 bits per heavy atom. The molecule has 2 aliphatic carbocycles. The fraction of sp³-hybridized carbons (Fsp3) is 0.750. The average Bonchev–Trinajstić information content (AvgIpc) is 3.66. The van der Waals surface area contributed by atoms with E-state index in [0.29, 0.717) is 17.5 Å². The van der Waals surface area contributed by atoms with Crippen LogP contribution in [0.15, 0.2) is 0 Å². The van der Waals surface area contributed by atoms with Gasteiger partial charge in [-0.1, -0.05) is 44.4 Å². The van der Waals surface area contributed by atoms with E-state index >= 15 is 0 Å². The maximum Gasteiger partial charge on any atom is 0.243 e. The minimum Gasteiger partial charge on any atom is -0.321 e. The van der Waals surface area contributed by atoms with Crippen LogP contribution in [-0.2, 0) is 28.9 Å². The van der Waals surface area contributed by atoms with E-state index in [4.69, 9.17) is 11.5 Å². The molecule has 0 aliphatic heterocycles. The summed E-state index contributed by atoms with van der Waals surface area (Å²) in [5, 5.41) is 22.7. The molecule has 2 fully saturated rings. The first-order valence-electron chi connectivity index (χ1n) is 12.6. The predicted octanol–water partition coefficient (Wildman–Crippen LogP) is 3.63. The monoisotopic (exact) mass is 553 g/mol. The zero-order valence-corrected chi connectivity index (χ0v) is 22.4. The summed E-state index contributed by atoms with van der Waals surface area (Å²) in [7, 11) is 0. The molecule has 1 amide bonds. The number of rotatable bonds is 13. The molecule has 2 aliphatic rings. The van der Waals surface area contributed by atoms with Crippen LogP contribution >= 0.6 is 34.4 Å². The van der Waals surface area contributed by atoms with Gasteiger partial charge in [0.25, 0.3) is 0 Å². The number of Topliss-reactive ketones (excluding diaryl/α,β-unsaturated/α-hetero) is 1. The Morgan fingerprint density at radius 1 is 0.833 bits per heavy atom. The van der Waals surface area contributed by atoms with Gasteiger partial charge in [0.15, 0.2) is 5.78 Å². The van der Waals surface area contributed by atoms with Crippen molar-refractivity contribution in [2.24, 2.45) is 23.3 Å². The molecule has 0 bridgehead atoms. The van der Waals surface area contributed by atoms with E-state index in [1.54, 1.807) is 0 Å². The number of hydrogen-bond acceptors (Lipinski definition) is 11. The molecule has 9 nitrogen and oxygen atoms in total. The lowest BCUT2D eigenvalue weighted by atomic mass is 9.94. The lowest BCUT2D eigenvalue weighted by Gasteiger charge is -2.16. The van der Waals surface area contributed by atoms with Gasteiger partial charge in [-0.25, -0.2) is 0 Å². The molecule has 0 saturated heterocycles. The van der Waals surface area contributed by atoms with Crippen molar-refractivity contribution in [2.45, 2.75) is 90.1 Å². The molecule has 0 aromatic carbocycles. The molecular weight excluding hydrogens is 515 g/mol. The second-order valence-electron chi connectivity index (χ2n) is 9.48. The van der Waals surface area contributed by atoms with Crippen LogP contribution < -0.4 is 16.8 Å². The number of amides is 1. The number of carbonyl (C=O) groups excluding carboxylic acids is 2. The maximum atomic E-state index is 12.5. The van der Waals surface area contributed by atoms with Gasteiger partial charge in [-0.3, -0.25) is 14.9 Å². The molecule has 2 aromatic rings. The Bertz CT molecular complexity index is 894. The Balaban J connectivity index is 0.00000361. The normalized spacial score (nSPS) is 18.2. The van der Waals surface area contributed by atoms with Gasteiger partial charge in [-0.05, 0) is 49.0 Å². The molecule has 2 atom stereocenters. The summed E-state index contributed by atoms with van der Waals surface area (Å²) in [5.74, 6) is 2.36. The van der Waals surface area contributed by atoms with Crippen molar-refractivity contribution in [1.29, 1.82) is 0 Å². The zero-order chi connectivity index (χ0) is 24.6. The van der Waals surface area contributed by atoms with E-state index < -0.39 is 6.04 Å². The Hall–Kier alpha value is -1.47. The molecular formula is C24H39N7O2S3. The third-order valence-electron chi connectivity index (χ3n) is 6.94. The van der Waals surface area contributed by atoms with Crippen molar-refractivity contribution in [2.75, 3.05) is 16.8 Å². The number of aromatic nitrogens is 4. The van der Waals surface area contributed by atoms with Crippen molar-refractivity contribution in [1.82, 2.24) is 20.4 Å². The summed E-state index contributed by atoms with van der Waals surface area (Å²) in [5.41, 5.74) is 12.3. The summed E-state index contributed by atoms with van der Waals surface area (Å²) in [6.45, 7) is 0. The third-order valence-corrected chi connectivity index (χ3v) is 9.81. The van der Waals surface area contributed by atoms with Crippen molar-refractivity contribution in [3.8, 4) is 0 Å². The van der Waals surface area contributed by atoms with Gasteiger partial charge in [-0.2, -0.15) is 11.8 Å². The number of nitrogens with zero attached hydrogens (tertiary/aromatic N) is 4. The van der Waals surface area contributed by atoms with Gasteiger partial charge in [0.2, 0.25) is 11.0 Å². The molecule has 2 heterocycles. The van der Waals surface area contributed by atoms with Crippen molar-refractivity contribution in [3.63, 3.8) is 0 Å². The van der Waals surface area contributed by atoms with Gasteiger partial charge < -0.3 is 11.5 Å². The topological polar surface area (TPSA) is 150 Å². The highest BCUT2D eigenvalue weighted by atomic mass is 32.2. The highest BCUT2D eigenvalue weighted by molar-refractivity contribution is 7.99. The Kier molecular flexibility index (Phi) is 11.7. The van der Waals surface area contributed by atoms with Gasteiger partial charge in [-0.15, -0.1) is 31.7 Å². The van der Waals surface area contributed by atoms with Crippen LogP contribution in [0.5, 0.6) is 0 Å². The SMILES string of the molecule is C.NC(C(=O)Cc1nnc(CCSCCc2nnc(NC(=O)C(N)C3CCCC3)s2)s1)C1CCCC1. The zero-order valence-electron chi connectivity index (χ0n) is 20.0. The smallest absolute Gasteiger partial charge is 0.243 e. The molecule has 4 rings (SSSR count). The van der Waals surface area contributed by atoms with Crippen molar-refractivity contribution < 1.29 is 9.59 Å². The lowest BCUT2D eigenvalue weighted by Crippen LogP contribution is -2.40. The summed E-state index contributed by atoms with van der Waals surface area (Å²) in [6, 6.07) is -0.831. The lowest BCUT2D eigenvalue weighted by molar-refractivity contribution is -0.121. The van der Waals surface area contributed by atoms with Crippen molar-refractivity contribution in [3.05, 3.63) is 15.0 Å². The van der Waals surface area contributed by atoms with E-state index in [9.17, 15) is 9.59 Å². The molecule has 2 saturated carbocycles. The standard InChI is InChI=1S/C23H35N7O2S3.CH4/c24-20(14-5-1-2-6-14)16(31)13-19-29-27-17(34-19)9-11-33-12-10-18-28-30-23(35-18)26-22(32)21(25)15-7-3-4-8-15;/h14-15,20-21H,1-13,24-25H2,(H,26,30,32);1H4. The summed E-state index contributed by atoms with van der Waals surface area (Å²) in [6.07, 6.45) is 10.8. The Morgan fingerprint density at radius 2 is 1.36 bits per heavy atom. The van der Waals surface area contributed by atoms with Crippen LogP contribution in [0.25, 0.3) is 0 Å². The first kappa shape index (κ1) is 29.1. The van der Waals surface area contributed by atoms with Gasteiger partial charge in [0.1, 0.15) is 15.0 Å². The minimum absolute atomic E-state index is 0. The number of hydrogen-bond donors (Lipinski definition) is 3. The average molecular weight is 554 g/mol. The third kappa shape index (κ3) is 8.27. The van der Waals surface area contributed by atoms with E-state index in [1.165, 1.54) is 35.5 Å². The number of thioether (sulfide) groups is 1. The fourth-order valence-electron chi connectivity index (χ4n) is 4.85. The fourth-order valence-corrected chi connectivity index (χ4v) is 7.59. The second kappa shape index (κ2) is 14.5. The van der Waals surface area contributed by atoms with Crippen molar-refractivity contribution >= 4 is 51.3 Å². The second-order valence-corrected chi connectivity index (χ2v) is 12.9. The van der Waals surface area contributed by atoms with Crippen LogP contribution in [0, 0.1) is 11.8 Å². The largest absolute Gasteiger partial charge is 0.321 e. The van der Waals surface area contributed by atoms with Crippen LogP contribution in [-0.4, -0.2) is 55.7 Å². The molecule has 12 heteroatoms. The van der Waals surface area contributed by atoms with Gasteiger partial charge >= 0.3 is 0 Å². The number of carbonyl (C=O) groups is 2. The molecule has 2 unspecified atom stereocenters. The Labute approximate surface area is 226 Å². The molecule has 0 radical (unpaired) electrons. The summed E-state index contributed by atoms with van der Waals surface area (Å²) >= 11 is 4.74. The molecule has 2 aromatic heterocycles. The van der Waals surface area contributed by atoms with E-state index in [0.717, 1.165) is 77.9 Å². The first-order chi connectivity index (χ1) is 17.0. The molecule has 36 heavy (non-hydrogen) atoms. The number of aryl methyl sites for hydroxylation is 2. The van der Waals surface area contributed by atoms with Gasteiger partial charge in [0, 0.05) is 12.8 Å². The van der Waals surface area contributed by atoms with E-state index in [2.05, 4.69) is 25.7 Å². The van der Waals surface area contributed by atoms with Crippen LogP contribution in [0.3, 0.4) is 0 Å². The highest BCUT2D eigenvalue weighted by Gasteiger charge is 2.29. The van der Waals surface area contributed by atoms with E-state index in [1.807, 2.05) is 11.8 Å². The number of nitrogens with one attached hydrogen (secondary N) is 1. The van der Waals surface area contributed by atoms with Crippen LogP contribution in [0.1, 0.15) is 73.8 Å². The summed E-state index contributed by atoms with van der Waals surface area (Å²) < 4.78 is 0. The molecule has 0 spiro atoms. The quantitative estimate of drug-likeness (QED) is 0.316. The van der Waals surface area contributed by atoms with E-state index in [-0.39, 0.29) is 31.1 Å². The molecule has 5 N–H and O–H groups in total. The predicted molar refractivity (Wildman–Crippen MR) is 148 cm³/mol. The van der Waals surface area contributed by atoms with Gasteiger partial charge in [0.05, 0.1) is 18.5 Å². The molecule has 200 valence electrons. The van der Waals surface area contributed by atoms with Crippen LogP contribution in [0.4, 0.5) is 5.13 Å². The number of nitrogens with two attached hydrogens (primary N) is 2. The highest BCUT2D eigenvalue weighted by Crippen LogP contribution is 2.29. The first-order valence-corrected chi connectivity index (χ1v) is 15.3. The maximum absolute atomic E-state index is 12.5. The number of ketones is 1.